The van der Waals surface area contributed by atoms with Gasteiger partial charge < -0.3 is 9.64 Å². The maximum atomic E-state index is 12.0. The van der Waals surface area contributed by atoms with E-state index in [9.17, 15) is 4.79 Å². The van der Waals surface area contributed by atoms with Crippen LogP contribution in [0.5, 0.6) is 0 Å². The van der Waals surface area contributed by atoms with Gasteiger partial charge in [0.1, 0.15) is 5.60 Å². The lowest BCUT2D eigenvalue weighted by atomic mass is 10.2. The Morgan fingerprint density at radius 2 is 2.13 bits per heavy atom. The first-order chi connectivity index (χ1) is 6.92. The van der Waals surface area contributed by atoms with Crippen molar-refractivity contribution in [3.8, 4) is 0 Å². The van der Waals surface area contributed by atoms with E-state index in [4.69, 9.17) is 4.74 Å². The lowest BCUT2D eigenvalue weighted by molar-refractivity contribution is 0.0203. The molecule has 1 amide bonds. The molecule has 15 heavy (non-hydrogen) atoms. The molecule has 3 atom stereocenters. The fraction of sp³-hybridized carbons (Fsp3) is 0.909. The zero-order valence-corrected chi connectivity index (χ0v) is 11.1. The van der Waals surface area contributed by atoms with Gasteiger partial charge in [-0.3, -0.25) is 0 Å². The van der Waals surface area contributed by atoms with E-state index in [1.807, 2.05) is 25.7 Å². The van der Waals surface area contributed by atoms with Crippen molar-refractivity contribution >= 4 is 22.0 Å². The predicted molar refractivity (Wildman–Crippen MR) is 62.2 cm³/mol. The van der Waals surface area contributed by atoms with Crippen molar-refractivity contribution in [1.82, 2.24) is 4.90 Å². The third kappa shape index (κ3) is 2.30. The molecule has 2 rings (SSSR count). The standard InChI is InChI=1S/C11H18BrNO2/c1-11(2,3)15-10(14)13-8(6-12)4-7-5-9(7)13/h7-9H,4-6H2,1-3H3/t7-,8-,9+/m1/s1. The van der Waals surface area contributed by atoms with E-state index in [0.717, 1.165) is 17.7 Å². The van der Waals surface area contributed by atoms with E-state index < -0.39 is 0 Å². The predicted octanol–water partition coefficient (Wildman–Crippen LogP) is 2.78. The number of carbonyl (C=O) groups excluding carboxylic acids is 1. The molecule has 1 heterocycles. The monoisotopic (exact) mass is 275 g/mol. The molecule has 1 saturated heterocycles. The number of piperidine rings is 1. The summed E-state index contributed by atoms with van der Waals surface area (Å²) in [7, 11) is 0. The van der Waals surface area contributed by atoms with Crippen molar-refractivity contribution in [1.29, 1.82) is 0 Å². The summed E-state index contributed by atoms with van der Waals surface area (Å²) in [5.74, 6) is 0.736. The Hall–Kier alpha value is -0.250. The van der Waals surface area contributed by atoms with Gasteiger partial charge in [0.25, 0.3) is 0 Å². The van der Waals surface area contributed by atoms with Crippen LogP contribution in [0.3, 0.4) is 0 Å². The van der Waals surface area contributed by atoms with E-state index in [2.05, 4.69) is 15.9 Å². The summed E-state index contributed by atoms with van der Waals surface area (Å²) in [6.45, 7) is 5.73. The van der Waals surface area contributed by atoms with Crippen molar-refractivity contribution in [3.63, 3.8) is 0 Å². The molecule has 4 heteroatoms. The highest BCUT2D eigenvalue weighted by Gasteiger charge is 2.54. The number of hydrogen-bond acceptors (Lipinski definition) is 2. The van der Waals surface area contributed by atoms with Crippen LogP contribution in [0.1, 0.15) is 33.6 Å². The molecular weight excluding hydrogens is 258 g/mol. The first-order valence-corrected chi connectivity index (χ1v) is 6.62. The first-order valence-electron chi connectivity index (χ1n) is 5.49. The van der Waals surface area contributed by atoms with Crippen molar-refractivity contribution in [2.45, 2.75) is 51.3 Å². The summed E-state index contributed by atoms with van der Waals surface area (Å²) >= 11 is 3.46. The highest BCUT2D eigenvalue weighted by Crippen LogP contribution is 2.48. The molecule has 1 aliphatic heterocycles. The number of likely N-dealkylation sites (tertiary alicyclic amines) is 1. The summed E-state index contributed by atoms with van der Waals surface area (Å²) in [6.07, 6.45) is 2.16. The van der Waals surface area contributed by atoms with Crippen molar-refractivity contribution < 1.29 is 9.53 Å². The number of alkyl halides is 1. The second-order valence-electron chi connectivity index (χ2n) is 5.49. The summed E-state index contributed by atoms with van der Waals surface area (Å²) in [4.78, 5) is 13.9. The molecule has 0 spiro atoms. The molecule has 1 aliphatic carbocycles. The molecule has 86 valence electrons. The Balaban J connectivity index is 1.99. The highest BCUT2D eigenvalue weighted by atomic mass is 79.9. The number of amides is 1. The molecule has 0 bridgehead atoms. The molecule has 0 N–H and O–H groups in total. The van der Waals surface area contributed by atoms with E-state index >= 15 is 0 Å². The van der Waals surface area contributed by atoms with Gasteiger partial charge in [-0.2, -0.15) is 0 Å². The smallest absolute Gasteiger partial charge is 0.410 e. The topological polar surface area (TPSA) is 29.5 Å². The van der Waals surface area contributed by atoms with Gasteiger partial charge in [-0.1, -0.05) is 15.9 Å². The number of fused-ring (bicyclic) bond motifs is 1. The van der Waals surface area contributed by atoms with Gasteiger partial charge in [-0.25, -0.2) is 4.79 Å². The third-order valence-electron chi connectivity index (χ3n) is 2.99. The average molecular weight is 276 g/mol. The fourth-order valence-corrected chi connectivity index (χ4v) is 2.87. The largest absolute Gasteiger partial charge is 0.444 e. The average Bonchev–Trinajstić information content (AvgIpc) is 2.73. The molecule has 0 radical (unpaired) electrons. The van der Waals surface area contributed by atoms with Crippen LogP contribution in [-0.2, 0) is 4.74 Å². The summed E-state index contributed by atoms with van der Waals surface area (Å²) < 4.78 is 5.42. The molecule has 0 aromatic heterocycles. The van der Waals surface area contributed by atoms with Crippen LogP contribution >= 0.6 is 15.9 Å². The lowest BCUT2D eigenvalue weighted by Crippen LogP contribution is -2.42. The van der Waals surface area contributed by atoms with Crippen molar-refractivity contribution in [2.24, 2.45) is 5.92 Å². The van der Waals surface area contributed by atoms with Crippen LogP contribution in [0.25, 0.3) is 0 Å². The number of ether oxygens (including phenoxy) is 1. The van der Waals surface area contributed by atoms with Gasteiger partial charge in [-0.15, -0.1) is 0 Å². The maximum Gasteiger partial charge on any atom is 0.410 e. The zero-order chi connectivity index (χ0) is 11.2. The van der Waals surface area contributed by atoms with Crippen LogP contribution in [0.15, 0.2) is 0 Å². The molecular formula is C11H18BrNO2. The summed E-state index contributed by atoms with van der Waals surface area (Å²) in [6, 6.07) is 0.797. The molecule has 0 unspecified atom stereocenters. The van der Waals surface area contributed by atoms with Crippen LogP contribution in [0.2, 0.25) is 0 Å². The Bertz CT molecular complexity index is 274. The van der Waals surface area contributed by atoms with Crippen molar-refractivity contribution in [3.05, 3.63) is 0 Å². The number of hydrogen-bond donors (Lipinski definition) is 0. The normalized spacial score (nSPS) is 33.9. The van der Waals surface area contributed by atoms with Gasteiger partial charge in [0.05, 0.1) is 0 Å². The third-order valence-corrected chi connectivity index (χ3v) is 3.74. The van der Waals surface area contributed by atoms with Gasteiger partial charge >= 0.3 is 6.09 Å². The van der Waals surface area contributed by atoms with Crippen molar-refractivity contribution in [2.75, 3.05) is 5.33 Å². The minimum Gasteiger partial charge on any atom is -0.444 e. The van der Waals surface area contributed by atoms with E-state index in [-0.39, 0.29) is 11.7 Å². The van der Waals surface area contributed by atoms with Crippen LogP contribution < -0.4 is 0 Å². The Labute approximate surface area is 99.3 Å². The molecule has 0 aromatic carbocycles. The lowest BCUT2D eigenvalue weighted by Gasteiger charge is -2.29. The first kappa shape index (κ1) is 11.2. The number of nitrogens with zero attached hydrogens (tertiary/aromatic N) is 1. The summed E-state index contributed by atoms with van der Waals surface area (Å²) in [5.41, 5.74) is -0.388. The minimum absolute atomic E-state index is 0.142. The zero-order valence-electron chi connectivity index (χ0n) is 9.50. The molecule has 2 aliphatic rings. The fourth-order valence-electron chi connectivity index (χ4n) is 2.30. The maximum absolute atomic E-state index is 12.0. The van der Waals surface area contributed by atoms with E-state index in [1.54, 1.807) is 0 Å². The van der Waals surface area contributed by atoms with Crippen LogP contribution in [-0.4, -0.2) is 34.0 Å². The minimum atomic E-state index is -0.388. The number of rotatable bonds is 1. The molecule has 2 fully saturated rings. The Morgan fingerprint density at radius 1 is 1.47 bits per heavy atom. The van der Waals surface area contributed by atoms with E-state index in [0.29, 0.717) is 12.1 Å². The van der Waals surface area contributed by atoms with Gasteiger partial charge in [0.2, 0.25) is 0 Å². The quantitative estimate of drug-likeness (QED) is 0.689. The highest BCUT2D eigenvalue weighted by molar-refractivity contribution is 9.09. The van der Waals surface area contributed by atoms with Gasteiger partial charge in [-0.05, 0) is 39.5 Å². The van der Waals surface area contributed by atoms with Gasteiger partial charge in [0, 0.05) is 17.4 Å². The Kier molecular flexibility index (Phi) is 2.73. The number of halogens is 1. The number of carbonyl (C=O) groups is 1. The second-order valence-corrected chi connectivity index (χ2v) is 6.14. The molecule has 1 saturated carbocycles. The van der Waals surface area contributed by atoms with Crippen LogP contribution in [0.4, 0.5) is 4.79 Å². The van der Waals surface area contributed by atoms with Crippen LogP contribution in [0, 0.1) is 5.92 Å². The molecule has 3 nitrogen and oxygen atoms in total. The Morgan fingerprint density at radius 3 is 2.67 bits per heavy atom. The summed E-state index contributed by atoms with van der Waals surface area (Å²) in [5, 5.41) is 0.860. The second kappa shape index (κ2) is 3.65. The molecule has 0 aromatic rings. The van der Waals surface area contributed by atoms with Gasteiger partial charge in [0.15, 0.2) is 0 Å². The van der Waals surface area contributed by atoms with E-state index in [1.165, 1.54) is 6.42 Å². The SMILES string of the molecule is CC(C)(C)OC(=O)N1[C@@H](CBr)C[C@@H]2C[C@@H]21.